The minimum absolute atomic E-state index is 0.0703. The zero-order valence-electron chi connectivity index (χ0n) is 15.1. The molecule has 2 N–H and O–H groups in total. The van der Waals surface area contributed by atoms with Crippen LogP contribution in [0, 0.1) is 10.1 Å². The predicted octanol–water partition coefficient (Wildman–Crippen LogP) is 2.54. The lowest BCUT2D eigenvalue weighted by Gasteiger charge is -2.29. The first kappa shape index (κ1) is 18.9. The van der Waals surface area contributed by atoms with Crippen molar-refractivity contribution in [3.8, 4) is 5.75 Å². The summed E-state index contributed by atoms with van der Waals surface area (Å²) in [5, 5.41) is 16.6. The molecule has 0 bridgehead atoms. The number of nitrogens with one attached hydrogen (secondary N) is 2. The zero-order chi connectivity index (χ0) is 20.3. The van der Waals surface area contributed by atoms with Crippen LogP contribution in [0.2, 0.25) is 0 Å². The molecule has 1 aliphatic rings. The number of methoxy groups -OCH3 is 2. The number of nitro benzene ring substituents is 1. The Kier molecular flexibility index (Phi) is 5.25. The van der Waals surface area contributed by atoms with E-state index in [4.69, 9.17) is 9.47 Å². The molecule has 1 heterocycles. The third kappa shape index (κ3) is 3.50. The minimum atomic E-state index is -0.944. The summed E-state index contributed by atoms with van der Waals surface area (Å²) < 4.78 is 9.92. The van der Waals surface area contributed by atoms with E-state index in [0.29, 0.717) is 11.1 Å². The highest BCUT2D eigenvalue weighted by Gasteiger charge is 2.35. The SMILES string of the molecule is COC(=O)C1=C(c2ccccc2)NC(=O)NC1c1ccc(OC)c([N+](=O)[O-])c1. The predicted molar refractivity (Wildman–Crippen MR) is 99.4 cm³/mol. The van der Waals surface area contributed by atoms with E-state index in [1.165, 1.54) is 26.4 Å². The van der Waals surface area contributed by atoms with Crippen LogP contribution in [0.4, 0.5) is 10.5 Å². The molecule has 0 saturated heterocycles. The number of carbonyl (C=O) groups excluding carboxylic acids is 2. The van der Waals surface area contributed by atoms with E-state index in [9.17, 15) is 19.7 Å². The second kappa shape index (κ2) is 7.78. The van der Waals surface area contributed by atoms with Crippen LogP contribution in [0.5, 0.6) is 5.75 Å². The van der Waals surface area contributed by atoms with Gasteiger partial charge in [-0.05, 0) is 17.2 Å². The van der Waals surface area contributed by atoms with Gasteiger partial charge in [0.15, 0.2) is 5.75 Å². The van der Waals surface area contributed by atoms with Crippen molar-refractivity contribution in [2.45, 2.75) is 6.04 Å². The second-order valence-corrected chi connectivity index (χ2v) is 5.87. The largest absolute Gasteiger partial charge is 0.490 e. The van der Waals surface area contributed by atoms with Gasteiger partial charge >= 0.3 is 17.7 Å². The molecule has 144 valence electrons. The summed E-state index contributed by atoms with van der Waals surface area (Å²) in [6.07, 6.45) is 0. The number of amides is 2. The van der Waals surface area contributed by atoms with Gasteiger partial charge in [-0.3, -0.25) is 10.1 Å². The summed E-state index contributed by atoms with van der Waals surface area (Å²) in [5.74, 6) is -0.601. The number of hydrogen-bond acceptors (Lipinski definition) is 6. The molecule has 28 heavy (non-hydrogen) atoms. The number of urea groups is 1. The number of ether oxygens (including phenoxy) is 2. The van der Waals surface area contributed by atoms with Crippen molar-refractivity contribution < 1.29 is 24.0 Å². The second-order valence-electron chi connectivity index (χ2n) is 5.87. The Balaban J connectivity index is 2.21. The molecule has 2 amide bonds. The van der Waals surface area contributed by atoms with Crippen LogP contribution in [-0.4, -0.2) is 31.1 Å². The average Bonchev–Trinajstić information content (AvgIpc) is 2.72. The fourth-order valence-electron chi connectivity index (χ4n) is 3.01. The van der Waals surface area contributed by atoms with Crippen LogP contribution in [0.25, 0.3) is 5.70 Å². The molecule has 2 aromatic carbocycles. The summed E-state index contributed by atoms with van der Waals surface area (Å²) in [5.41, 5.74) is 1.08. The molecule has 0 aromatic heterocycles. The maximum Gasteiger partial charge on any atom is 0.338 e. The van der Waals surface area contributed by atoms with Crippen molar-refractivity contribution in [3.05, 3.63) is 75.3 Å². The molecule has 0 spiro atoms. The number of hydrogen-bond donors (Lipinski definition) is 2. The summed E-state index contributed by atoms with van der Waals surface area (Å²) in [6.45, 7) is 0. The summed E-state index contributed by atoms with van der Waals surface area (Å²) in [7, 11) is 2.55. The van der Waals surface area contributed by atoms with E-state index in [1.807, 2.05) is 0 Å². The van der Waals surface area contributed by atoms with Crippen molar-refractivity contribution in [3.63, 3.8) is 0 Å². The summed E-state index contributed by atoms with van der Waals surface area (Å²) in [4.78, 5) is 35.6. The Bertz CT molecular complexity index is 971. The lowest BCUT2D eigenvalue weighted by molar-refractivity contribution is -0.385. The average molecular weight is 383 g/mol. The van der Waals surface area contributed by atoms with Crippen LogP contribution in [0.15, 0.2) is 54.1 Å². The van der Waals surface area contributed by atoms with Gasteiger partial charge in [0.05, 0.1) is 36.5 Å². The normalized spacial score (nSPS) is 16.1. The van der Waals surface area contributed by atoms with Crippen molar-refractivity contribution >= 4 is 23.4 Å². The van der Waals surface area contributed by atoms with Gasteiger partial charge in [0.25, 0.3) is 0 Å². The molecular formula is C19H17N3O6. The fraction of sp³-hybridized carbons (Fsp3) is 0.158. The minimum Gasteiger partial charge on any atom is -0.490 e. The molecule has 0 aliphatic carbocycles. The highest BCUT2D eigenvalue weighted by atomic mass is 16.6. The van der Waals surface area contributed by atoms with E-state index in [0.717, 1.165) is 0 Å². The molecule has 1 unspecified atom stereocenters. The van der Waals surface area contributed by atoms with Crippen LogP contribution in [0.3, 0.4) is 0 Å². The Morgan fingerprint density at radius 3 is 2.46 bits per heavy atom. The van der Waals surface area contributed by atoms with Crippen molar-refractivity contribution in [1.29, 1.82) is 0 Å². The van der Waals surface area contributed by atoms with E-state index in [-0.39, 0.29) is 22.7 Å². The van der Waals surface area contributed by atoms with Gasteiger partial charge < -0.3 is 20.1 Å². The number of nitro groups is 1. The van der Waals surface area contributed by atoms with Crippen LogP contribution in [-0.2, 0) is 9.53 Å². The van der Waals surface area contributed by atoms with Crippen LogP contribution in [0.1, 0.15) is 17.2 Å². The van der Waals surface area contributed by atoms with Crippen molar-refractivity contribution in [1.82, 2.24) is 10.6 Å². The topological polar surface area (TPSA) is 120 Å². The first-order chi connectivity index (χ1) is 13.5. The molecule has 1 atom stereocenters. The summed E-state index contributed by atoms with van der Waals surface area (Å²) >= 11 is 0. The number of esters is 1. The fourth-order valence-corrected chi connectivity index (χ4v) is 3.01. The Morgan fingerprint density at radius 1 is 1.14 bits per heavy atom. The first-order valence-electron chi connectivity index (χ1n) is 8.24. The Hall–Kier alpha value is -3.88. The molecule has 1 aliphatic heterocycles. The maximum absolute atomic E-state index is 12.6. The molecule has 9 nitrogen and oxygen atoms in total. The third-order valence-electron chi connectivity index (χ3n) is 4.27. The number of carbonyl (C=O) groups is 2. The molecule has 0 fully saturated rings. The Labute approximate surface area is 160 Å². The maximum atomic E-state index is 12.6. The highest BCUT2D eigenvalue weighted by molar-refractivity contribution is 6.04. The van der Waals surface area contributed by atoms with Crippen LogP contribution < -0.4 is 15.4 Å². The lowest BCUT2D eigenvalue weighted by Crippen LogP contribution is -2.45. The monoisotopic (exact) mass is 383 g/mol. The number of benzene rings is 2. The van der Waals surface area contributed by atoms with Crippen LogP contribution >= 0.6 is 0 Å². The molecular weight excluding hydrogens is 366 g/mol. The zero-order valence-corrected chi connectivity index (χ0v) is 15.1. The molecule has 3 rings (SSSR count). The Morgan fingerprint density at radius 2 is 1.86 bits per heavy atom. The number of rotatable bonds is 5. The molecule has 2 aromatic rings. The van der Waals surface area contributed by atoms with Gasteiger partial charge in [0.2, 0.25) is 0 Å². The molecule has 0 saturated carbocycles. The van der Waals surface area contributed by atoms with Crippen molar-refractivity contribution in [2.24, 2.45) is 0 Å². The third-order valence-corrected chi connectivity index (χ3v) is 4.27. The van der Waals surface area contributed by atoms with E-state index in [1.54, 1.807) is 36.4 Å². The smallest absolute Gasteiger partial charge is 0.338 e. The highest BCUT2D eigenvalue weighted by Crippen LogP contribution is 2.36. The standard InChI is InChI=1S/C19H17N3O6/c1-27-14-9-8-12(10-13(14)22(25)26)17-15(18(23)28-2)16(20-19(24)21-17)11-6-4-3-5-7-11/h3-10,17H,1-2H3,(H2,20,21,24). The van der Waals surface area contributed by atoms with Gasteiger partial charge in [-0.15, -0.1) is 0 Å². The van der Waals surface area contributed by atoms with Gasteiger partial charge in [-0.1, -0.05) is 36.4 Å². The lowest BCUT2D eigenvalue weighted by atomic mass is 9.92. The molecule has 0 radical (unpaired) electrons. The van der Waals surface area contributed by atoms with Gasteiger partial charge in [-0.2, -0.15) is 0 Å². The van der Waals surface area contributed by atoms with Crippen molar-refractivity contribution in [2.75, 3.05) is 14.2 Å². The quantitative estimate of drug-likeness (QED) is 0.465. The summed E-state index contributed by atoms with van der Waals surface area (Å²) in [6, 6.07) is 11.5. The van der Waals surface area contributed by atoms with E-state index in [2.05, 4.69) is 10.6 Å². The van der Waals surface area contributed by atoms with Gasteiger partial charge in [0, 0.05) is 6.07 Å². The molecule has 9 heteroatoms. The number of nitrogens with zero attached hydrogens (tertiary/aromatic N) is 1. The van der Waals surface area contributed by atoms with Gasteiger partial charge in [0.1, 0.15) is 0 Å². The van der Waals surface area contributed by atoms with Gasteiger partial charge in [-0.25, -0.2) is 9.59 Å². The van der Waals surface area contributed by atoms with E-state index < -0.39 is 23.0 Å². The first-order valence-corrected chi connectivity index (χ1v) is 8.24. The van der Waals surface area contributed by atoms with E-state index >= 15 is 0 Å².